The van der Waals surface area contributed by atoms with Crippen molar-refractivity contribution in [3.05, 3.63) is 36.0 Å². The smallest absolute Gasteiger partial charge is 0.304 e. The van der Waals surface area contributed by atoms with Gasteiger partial charge in [-0.05, 0) is 24.5 Å². The SMILES string of the molecule is NC(=O)C(CCc1c[nH]c2ccccc12)CC(=O)O. The fourth-order valence-corrected chi connectivity index (χ4v) is 2.22. The largest absolute Gasteiger partial charge is 0.481 e. The van der Waals surface area contributed by atoms with E-state index in [9.17, 15) is 9.59 Å². The van der Waals surface area contributed by atoms with Crippen molar-refractivity contribution >= 4 is 22.8 Å². The van der Waals surface area contributed by atoms with Crippen molar-refractivity contribution in [3.8, 4) is 0 Å². The topological polar surface area (TPSA) is 96.2 Å². The number of amides is 1. The Labute approximate surface area is 110 Å². The third-order valence-corrected chi connectivity index (χ3v) is 3.26. The summed E-state index contributed by atoms with van der Waals surface area (Å²) in [6.07, 6.45) is 2.76. The second kappa shape index (κ2) is 5.56. The number of primary amides is 1. The average molecular weight is 260 g/mol. The molecule has 1 heterocycles. The molecule has 0 saturated carbocycles. The molecule has 0 aliphatic rings. The number of rotatable bonds is 6. The second-order valence-corrected chi connectivity index (χ2v) is 4.60. The van der Waals surface area contributed by atoms with Gasteiger partial charge < -0.3 is 15.8 Å². The van der Waals surface area contributed by atoms with Gasteiger partial charge in [-0.15, -0.1) is 0 Å². The van der Waals surface area contributed by atoms with Crippen LogP contribution in [0.25, 0.3) is 10.9 Å². The molecule has 2 rings (SSSR count). The van der Waals surface area contributed by atoms with Crippen molar-refractivity contribution in [1.29, 1.82) is 0 Å². The maximum Gasteiger partial charge on any atom is 0.304 e. The van der Waals surface area contributed by atoms with Crippen LogP contribution in [0.2, 0.25) is 0 Å². The number of nitrogens with two attached hydrogens (primary N) is 1. The number of aliphatic carboxylic acids is 1. The van der Waals surface area contributed by atoms with E-state index < -0.39 is 17.8 Å². The van der Waals surface area contributed by atoms with Gasteiger partial charge >= 0.3 is 5.97 Å². The standard InChI is InChI=1S/C14H16N2O3/c15-14(19)9(7-13(17)18)5-6-10-8-16-12-4-2-1-3-11(10)12/h1-4,8-9,16H,5-7H2,(H2,15,19)(H,17,18). The van der Waals surface area contributed by atoms with Gasteiger partial charge in [-0.25, -0.2) is 0 Å². The fraction of sp³-hybridized carbons (Fsp3) is 0.286. The Kier molecular flexibility index (Phi) is 3.85. The summed E-state index contributed by atoms with van der Waals surface area (Å²) in [7, 11) is 0. The van der Waals surface area contributed by atoms with E-state index in [0.29, 0.717) is 12.8 Å². The molecular weight excluding hydrogens is 244 g/mol. The van der Waals surface area contributed by atoms with E-state index in [4.69, 9.17) is 10.8 Å². The molecule has 1 aromatic heterocycles. The molecule has 0 saturated heterocycles. The minimum atomic E-state index is -0.997. The molecule has 1 aromatic carbocycles. The number of benzene rings is 1. The van der Waals surface area contributed by atoms with E-state index in [1.165, 1.54) is 0 Å². The molecule has 1 unspecified atom stereocenters. The van der Waals surface area contributed by atoms with Gasteiger partial charge in [0.1, 0.15) is 0 Å². The van der Waals surface area contributed by atoms with Crippen LogP contribution >= 0.6 is 0 Å². The van der Waals surface area contributed by atoms with Gasteiger partial charge in [-0.3, -0.25) is 9.59 Å². The molecule has 5 heteroatoms. The molecule has 0 spiro atoms. The minimum absolute atomic E-state index is 0.211. The summed E-state index contributed by atoms with van der Waals surface area (Å²) in [5.74, 6) is -2.17. The Morgan fingerprint density at radius 1 is 1.32 bits per heavy atom. The maximum atomic E-state index is 11.2. The molecule has 0 fully saturated rings. The Balaban J connectivity index is 2.08. The number of nitrogens with one attached hydrogen (secondary N) is 1. The molecule has 0 bridgehead atoms. The van der Waals surface area contributed by atoms with Gasteiger partial charge in [0.2, 0.25) is 5.91 Å². The Hall–Kier alpha value is -2.30. The summed E-state index contributed by atoms with van der Waals surface area (Å²) in [5, 5.41) is 9.85. The Morgan fingerprint density at radius 2 is 2.05 bits per heavy atom. The zero-order chi connectivity index (χ0) is 13.8. The van der Waals surface area contributed by atoms with Crippen LogP contribution in [0.15, 0.2) is 30.5 Å². The first-order chi connectivity index (χ1) is 9.08. The molecule has 0 aliphatic heterocycles. The maximum absolute atomic E-state index is 11.2. The number of H-pyrrole nitrogens is 1. The second-order valence-electron chi connectivity index (χ2n) is 4.60. The van der Waals surface area contributed by atoms with E-state index >= 15 is 0 Å². The highest BCUT2D eigenvalue weighted by Gasteiger charge is 2.19. The van der Waals surface area contributed by atoms with Crippen LogP contribution in [-0.2, 0) is 16.0 Å². The number of fused-ring (bicyclic) bond motifs is 1. The van der Waals surface area contributed by atoms with Crippen LogP contribution in [0, 0.1) is 5.92 Å². The summed E-state index contributed by atoms with van der Waals surface area (Å²) in [6, 6.07) is 7.86. The van der Waals surface area contributed by atoms with E-state index in [1.807, 2.05) is 30.5 Å². The zero-order valence-electron chi connectivity index (χ0n) is 10.4. The lowest BCUT2D eigenvalue weighted by Crippen LogP contribution is -2.26. The summed E-state index contributed by atoms with van der Waals surface area (Å²) < 4.78 is 0. The summed E-state index contributed by atoms with van der Waals surface area (Å²) in [4.78, 5) is 25.0. The van der Waals surface area contributed by atoms with Crippen molar-refractivity contribution in [2.75, 3.05) is 0 Å². The molecule has 1 amide bonds. The van der Waals surface area contributed by atoms with Crippen LogP contribution < -0.4 is 5.73 Å². The summed E-state index contributed by atoms with van der Waals surface area (Å²) in [5.41, 5.74) is 7.34. The number of carbonyl (C=O) groups excluding carboxylic acids is 1. The van der Waals surface area contributed by atoms with Crippen LogP contribution in [0.5, 0.6) is 0 Å². The van der Waals surface area contributed by atoms with E-state index in [0.717, 1.165) is 16.5 Å². The average Bonchev–Trinajstić information content (AvgIpc) is 2.77. The zero-order valence-corrected chi connectivity index (χ0v) is 10.4. The summed E-state index contributed by atoms with van der Waals surface area (Å²) >= 11 is 0. The normalized spacial score (nSPS) is 12.4. The van der Waals surface area contributed by atoms with Gasteiger partial charge in [0.05, 0.1) is 6.42 Å². The van der Waals surface area contributed by atoms with Gasteiger partial charge in [-0.1, -0.05) is 18.2 Å². The molecule has 0 aliphatic carbocycles. The first-order valence-corrected chi connectivity index (χ1v) is 6.14. The predicted octanol–water partition coefficient (Wildman–Crippen LogP) is 1.68. The molecular formula is C14H16N2O3. The predicted molar refractivity (Wildman–Crippen MR) is 71.6 cm³/mol. The number of hydrogen-bond acceptors (Lipinski definition) is 2. The molecule has 4 N–H and O–H groups in total. The van der Waals surface area contributed by atoms with E-state index in [2.05, 4.69) is 4.98 Å². The van der Waals surface area contributed by atoms with Gasteiger partial charge in [0.15, 0.2) is 0 Å². The van der Waals surface area contributed by atoms with Crippen LogP contribution in [0.1, 0.15) is 18.4 Å². The highest BCUT2D eigenvalue weighted by molar-refractivity contribution is 5.84. The lowest BCUT2D eigenvalue weighted by Gasteiger charge is -2.10. The van der Waals surface area contributed by atoms with Crippen LogP contribution in [0.3, 0.4) is 0 Å². The Bertz CT molecular complexity index is 604. The molecule has 2 aromatic rings. The van der Waals surface area contributed by atoms with Crippen molar-refractivity contribution in [1.82, 2.24) is 4.98 Å². The lowest BCUT2D eigenvalue weighted by atomic mass is 9.96. The van der Waals surface area contributed by atoms with Crippen LogP contribution in [-0.4, -0.2) is 22.0 Å². The highest BCUT2D eigenvalue weighted by Crippen LogP contribution is 2.21. The molecule has 0 radical (unpaired) electrons. The van der Waals surface area contributed by atoms with Crippen molar-refractivity contribution < 1.29 is 14.7 Å². The minimum Gasteiger partial charge on any atom is -0.481 e. The van der Waals surface area contributed by atoms with Crippen LogP contribution in [0.4, 0.5) is 0 Å². The van der Waals surface area contributed by atoms with Gasteiger partial charge in [-0.2, -0.15) is 0 Å². The van der Waals surface area contributed by atoms with Crippen molar-refractivity contribution in [2.45, 2.75) is 19.3 Å². The molecule has 100 valence electrons. The number of hydrogen-bond donors (Lipinski definition) is 3. The number of aromatic amines is 1. The number of carbonyl (C=O) groups is 2. The van der Waals surface area contributed by atoms with Gasteiger partial charge in [0.25, 0.3) is 0 Å². The number of aromatic nitrogens is 1. The monoisotopic (exact) mass is 260 g/mol. The third-order valence-electron chi connectivity index (χ3n) is 3.26. The lowest BCUT2D eigenvalue weighted by molar-refractivity contribution is -0.140. The third kappa shape index (κ3) is 3.13. The number of para-hydroxylation sites is 1. The van der Waals surface area contributed by atoms with E-state index in [1.54, 1.807) is 0 Å². The number of carboxylic acid groups (broad SMARTS) is 1. The van der Waals surface area contributed by atoms with E-state index in [-0.39, 0.29) is 6.42 Å². The first kappa shape index (κ1) is 13.1. The molecule has 5 nitrogen and oxygen atoms in total. The molecule has 1 atom stereocenters. The first-order valence-electron chi connectivity index (χ1n) is 6.14. The van der Waals surface area contributed by atoms with Crippen molar-refractivity contribution in [3.63, 3.8) is 0 Å². The number of carboxylic acids is 1. The number of aryl methyl sites for hydroxylation is 1. The highest BCUT2D eigenvalue weighted by atomic mass is 16.4. The Morgan fingerprint density at radius 3 is 2.74 bits per heavy atom. The van der Waals surface area contributed by atoms with Crippen molar-refractivity contribution in [2.24, 2.45) is 11.7 Å². The fourth-order valence-electron chi connectivity index (χ4n) is 2.22. The quantitative estimate of drug-likeness (QED) is 0.737. The van der Waals surface area contributed by atoms with Gasteiger partial charge in [0, 0.05) is 23.0 Å². The molecule has 19 heavy (non-hydrogen) atoms. The summed E-state index contributed by atoms with van der Waals surface area (Å²) in [6.45, 7) is 0.